The molecule has 28 heavy (non-hydrogen) atoms. The number of aromatic nitrogens is 4. The van der Waals surface area contributed by atoms with Crippen molar-refractivity contribution in [2.24, 2.45) is 5.73 Å². The van der Waals surface area contributed by atoms with Crippen molar-refractivity contribution in [1.29, 1.82) is 0 Å². The topological polar surface area (TPSA) is 113 Å². The monoisotopic (exact) mass is 515 g/mol. The highest BCUT2D eigenvalue weighted by Gasteiger charge is 2.35. The van der Waals surface area contributed by atoms with Gasteiger partial charge in [-0.1, -0.05) is 10.3 Å². The fourth-order valence-electron chi connectivity index (χ4n) is 2.47. The maximum atomic E-state index is 13.5. The zero-order chi connectivity index (χ0) is 19.6. The lowest BCUT2D eigenvalue weighted by molar-refractivity contribution is -0.140. The summed E-state index contributed by atoms with van der Waals surface area (Å²) in [6.07, 6.45) is -3.20. The lowest BCUT2D eigenvalue weighted by Gasteiger charge is -2.10. The van der Waals surface area contributed by atoms with Gasteiger partial charge in [0.05, 0.1) is 11.3 Å². The first kappa shape index (κ1) is 22.0. The third kappa shape index (κ3) is 4.40. The van der Waals surface area contributed by atoms with Crippen LogP contribution in [-0.2, 0) is 12.6 Å². The maximum absolute atomic E-state index is 13.5. The molecule has 3 aromatic rings. The second kappa shape index (κ2) is 8.81. The van der Waals surface area contributed by atoms with Crippen LogP contribution in [0.2, 0.25) is 0 Å². The average Bonchev–Trinajstić information content (AvgIpc) is 3.21. The number of rotatable bonds is 6. The molecular formula is C15H14F4IN5O3. The fourth-order valence-corrected chi connectivity index (χ4v) is 2.47. The Morgan fingerprint density at radius 1 is 1.14 bits per heavy atom. The summed E-state index contributed by atoms with van der Waals surface area (Å²) in [5, 5.41) is 10.9. The van der Waals surface area contributed by atoms with Gasteiger partial charge in [-0.25, -0.2) is 18.4 Å². The molecule has 8 nitrogen and oxygen atoms in total. The molecule has 1 aromatic carbocycles. The summed E-state index contributed by atoms with van der Waals surface area (Å²) in [7, 11) is 0. The number of hydrogen-bond acceptors (Lipinski definition) is 7. The number of unbranched alkanes of at least 4 members (excludes halogenated alkanes) is 1. The van der Waals surface area contributed by atoms with E-state index in [1.54, 1.807) is 0 Å². The number of halogens is 5. The van der Waals surface area contributed by atoms with Crippen molar-refractivity contribution >= 4 is 24.0 Å². The Labute approximate surface area is 171 Å². The van der Waals surface area contributed by atoms with Gasteiger partial charge in [0.1, 0.15) is 11.5 Å². The summed E-state index contributed by atoms with van der Waals surface area (Å²) in [6.45, 7) is 0.463. The molecule has 0 aliphatic heterocycles. The van der Waals surface area contributed by atoms with Gasteiger partial charge in [-0.2, -0.15) is 13.2 Å². The molecule has 0 amide bonds. The molecule has 0 fully saturated rings. The van der Waals surface area contributed by atoms with Gasteiger partial charge in [0, 0.05) is 0 Å². The normalized spacial score (nSPS) is 11.5. The zero-order valence-corrected chi connectivity index (χ0v) is 16.4. The first-order valence-corrected chi connectivity index (χ1v) is 7.80. The molecule has 13 heteroatoms. The number of alkyl halides is 3. The second-order valence-electron chi connectivity index (χ2n) is 5.57. The zero-order valence-electron chi connectivity index (χ0n) is 14.1. The van der Waals surface area contributed by atoms with Crippen molar-refractivity contribution in [2.45, 2.75) is 25.4 Å². The minimum atomic E-state index is -4.94. The fraction of sp³-hybridized carbons (Fsp3) is 0.333. The van der Waals surface area contributed by atoms with Gasteiger partial charge < -0.3 is 5.73 Å². The SMILES string of the molecule is I.NCCCCc1nonc1-c1noc(=O)n1-c1ccc(F)c(C(F)(F)F)c1. The highest BCUT2D eigenvalue weighted by atomic mass is 127. The minimum Gasteiger partial charge on any atom is -0.330 e. The van der Waals surface area contributed by atoms with E-state index in [0.29, 0.717) is 43.6 Å². The van der Waals surface area contributed by atoms with E-state index in [1.807, 2.05) is 0 Å². The van der Waals surface area contributed by atoms with Crippen LogP contribution in [0, 0.1) is 5.82 Å². The van der Waals surface area contributed by atoms with Gasteiger partial charge in [0.25, 0.3) is 0 Å². The summed E-state index contributed by atoms with van der Waals surface area (Å²) in [4.78, 5) is 12.0. The minimum absolute atomic E-state index is 0. The molecule has 0 saturated heterocycles. The summed E-state index contributed by atoms with van der Waals surface area (Å²) in [5.74, 6) is -2.74. The van der Waals surface area contributed by atoms with E-state index >= 15 is 0 Å². The molecule has 2 aromatic heterocycles. The number of nitrogens with zero attached hydrogens (tertiary/aromatic N) is 4. The quantitative estimate of drug-likeness (QED) is 0.305. The molecule has 0 atom stereocenters. The number of benzene rings is 1. The molecule has 3 rings (SSSR count). The standard InChI is InChI=1S/C15H13F4N5O3.HI/c16-10-5-4-8(7-9(10)15(17,18)19)24-13(23-26-14(24)25)12-11(21-27-22-12)3-1-2-6-20;/h4-5,7H,1-3,6,20H2;1H. The summed E-state index contributed by atoms with van der Waals surface area (Å²) in [5.41, 5.74) is 3.98. The van der Waals surface area contributed by atoms with E-state index in [4.69, 9.17) is 5.73 Å². The van der Waals surface area contributed by atoms with Crippen LogP contribution in [0.25, 0.3) is 17.2 Å². The highest BCUT2D eigenvalue weighted by molar-refractivity contribution is 14.0. The Morgan fingerprint density at radius 2 is 1.89 bits per heavy atom. The van der Waals surface area contributed by atoms with Gasteiger partial charge in [0.2, 0.25) is 5.82 Å². The van der Waals surface area contributed by atoms with Crippen LogP contribution < -0.4 is 11.5 Å². The molecule has 0 spiro atoms. The molecule has 2 heterocycles. The highest BCUT2D eigenvalue weighted by Crippen LogP contribution is 2.33. The molecule has 0 bridgehead atoms. The van der Waals surface area contributed by atoms with E-state index in [9.17, 15) is 22.4 Å². The van der Waals surface area contributed by atoms with Crippen LogP contribution in [0.3, 0.4) is 0 Å². The third-order valence-electron chi connectivity index (χ3n) is 3.75. The third-order valence-corrected chi connectivity index (χ3v) is 3.75. The van der Waals surface area contributed by atoms with Gasteiger partial charge in [-0.05, 0) is 49.2 Å². The van der Waals surface area contributed by atoms with Crippen molar-refractivity contribution in [1.82, 2.24) is 20.0 Å². The Morgan fingerprint density at radius 3 is 2.57 bits per heavy atom. The Kier molecular flexibility index (Phi) is 6.92. The maximum Gasteiger partial charge on any atom is 0.446 e. The van der Waals surface area contributed by atoms with Gasteiger partial charge in [0.15, 0.2) is 5.69 Å². The molecule has 152 valence electrons. The predicted molar refractivity (Wildman–Crippen MR) is 97.8 cm³/mol. The first-order chi connectivity index (χ1) is 12.8. The van der Waals surface area contributed by atoms with Crippen LogP contribution in [0.5, 0.6) is 0 Å². The molecule has 0 aliphatic rings. The van der Waals surface area contributed by atoms with Gasteiger partial charge in [-0.15, -0.1) is 24.0 Å². The van der Waals surface area contributed by atoms with E-state index in [1.165, 1.54) is 0 Å². The molecule has 0 radical (unpaired) electrons. The Hall–Kier alpha value is -2.29. The molecule has 0 aliphatic carbocycles. The van der Waals surface area contributed by atoms with E-state index in [2.05, 4.69) is 24.6 Å². The van der Waals surface area contributed by atoms with E-state index in [-0.39, 0.29) is 41.2 Å². The molecule has 0 unspecified atom stereocenters. The van der Waals surface area contributed by atoms with Crippen molar-refractivity contribution in [3.63, 3.8) is 0 Å². The predicted octanol–water partition coefficient (Wildman–Crippen LogP) is 2.93. The molecular weight excluding hydrogens is 501 g/mol. The first-order valence-electron chi connectivity index (χ1n) is 7.80. The van der Waals surface area contributed by atoms with E-state index < -0.39 is 23.3 Å². The van der Waals surface area contributed by atoms with Crippen LogP contribution in [-0.4, -0.2) is 26.6 Å². The van der Waals surface area contributed by atoms with Crippen molar-refractivity contribution in [2.75, 3.05) is 6.54 Å². The smallest absolute Gasteiger partial charge is 0.330 e. The van der Waals surface area contributed by atoms with Crippen LogP contribution in [0.15, 0.2) is 32.1 Å². The average molecular weight is 515 g/mol. The second-order valence-corrected chi connectivity index (χ2v) is 5.57. The largest absolute Gasteiger partial charge is 0.446 e. The van der Waals surface area contributed by atoms with Crippen LogP contribution in [0.4, 0.5) is 17.6 Å². The summed E-state index contributed by atoms with van der Waals surface area (Å²) >= 11 is 0. The van der Waals surface area contributed by atoms with Gasteiger partial charge in [-0.3, -0.25) is 4.52 Å². The lowest BCUT2D eigenvalue weighted by atomic mass is 10.1. The van der Waals surface area contributed by atoms with Crippen LogP contribution in [0.1, 0.15) is 24.1 Å². The lowest BCUT2D eigenvalue weighted by Crippen LogP contribution is -2.16. The Bertz CT molecular complexity index is 998. The Balaban J connectivity index is 0.00000280. The molecule has 2 N–H and O–H groups in total. The number of aryl methyl sites for hydroxylation is 1. The van der Waals surface area contributed by atoms with Gasteiger partial charge >= 0.3 is 11.9 Å². The van der Waals surface area contributed by atoms with Crippen LogP contribution >= 0.6 is 24.0 Å². The number of hydrogen-bond donors (Lipinski definition) is 1. The van der Waals surface area contributed by atoms with Crippen molar-refractivity contribution in [3.8, 4) is 17.2 Å². The van der Waals surface area contributed by atoms with Crippen molar-refractivity contribution in [3.05, 3.63) is 45.8 Å². The van der Waals surface area contributed by atoms with Crippen molar-refractivity contribution < 1.29 is 26.7 Å². The summed E-state index contributed by atoms with van der Waals surface area (Å²) < 4.78 is 62.4. The summed E-state index contributed by atoms with van der Waals surface area (Å²) in [6, 6.07) is 2.08. The number of nitrogens with two attached hydrogens (primary N) is 1. The molecule has 0 saturated carbocycles. The van der Waals surface area contributed by atoms with E-state index in [0.717, 1.165) is 10.6 Å².